The molecule has 1 saturated heterocycles. The number of fused-ring (bicyclic) bond motifs is 1. The first-order valence-electron chi connectivity index (χ1n) is 8.56. The Morgan fingerprint density at radius 1 is 1.42 bits per heavy atom. The molecule has 26 heavy (non-hydrogen) atoms. The molecule has 2 N–H and O–H groups in total. The number of amides is 1. The van der Waals surface area contributed by atoms with Crippen molar-refractivity contribution in [3.63, 3.8) is 0 Å². The molecule has 0 aliphatic carbocycles. The van der Waals surface area contributed by atoms with E-state index in [1.54, 1.807) is 30.3 Å². The minimum atomic E-state index is -0.0712. The number of thiazole rings is 1. The number of likely N-dealkylation sites (tertiary alicyclic amines) is 1. The van der Waals surface area contributed by atoms with E-state index in [1.807, 2.05) is 11.6 Å². The zero-order chi connectivity index (χ0) is 18.3. The average Bonchev–Trinajstić information content (AvgIpc) is 3.35. The summed E-state index contributed by atoms with van der Waals surface area (Å²) >= 11 is 3.01. The van der Waals surface area contributed by atoms with Crippen molar-refractivity contribution in [2.24, 2.45) is 0 Å². The summed E-state index contributed by atoms with van der Waals surface area (Å²) in [6.07, 6.45) is 2.25. The van der Waals surface area contributed by atoms with Crippen LogP contribution in [0.5, 0.6) is 0 Å². The van der Waals surface area contributed by atoms with Gasteiger partial charge in [0.15, 0.2) is 0 Å². The molecule has 1 fully saturated rings. The third-order valence-corrected chi connectivity index (χ3v) is 6.51. The van der Waals surface area contributed by atoms with E-state index in [9.17, 15) is 4.79 Å². The average molecular weight is 388 g/mol. The van der Waals surface area contributed by atoms with E-state index in [0.717, 1.165) is 47.5 Å². The zero-order valence-corrected chi connectivity index (χ0v) is 16.4. The Bertz CT molecular complexity index is 935. The van der Waals surface area contributed by atoms with E-state index in [1.165, 1.54) is 11.3 Å². The van der Waals surface area contributed by atoms with Crippen LogP contribution in [0.4, 0.5) is 5.69 Å². The molecule has 0 saturated carbocycles. The number of nitrogens with zero attached hydrogens (tertiary/aromatic N) is 4. The molecule has 0 bridgehead atoms. The first-order valence-corrected chi connectivity index (χ1v) is 10.3. The smallest absolute Gasteiger partial charge is 0.265 e. The quantitative estimate of drug-likeness (QED) is 0.743. The van der Waals surface area contributed by atoms with Crippen molar-refractivity contribution in [2.45, 2.75) is 25.4 Å². The Hall–Kier alpha value is -2.03. The van der Waals surface area contributed by atoms with E-state index in [-0.39, 0.29) is 11.9 Å². The molecule has 1 amide bonds. The van der Waals surface area contributed by atoms with Gasteiger partial charge in [-0.15, -0.1) is 22.7 Å². The molecule has 0 spiro atoms. The Labute approximate surface area is 160 Å². The van der Waals surface area contributed by atoms with E-state index >= 15 is 0 Å². The highest BCUT2D eigenvalue weighted by molar-refractivity contribution is 7.21. The number of thiophene rings is 1. The molecule has 4 heterocycles. The summed E-state index contributed by atoms with van der Waals surface area (Å²) in [5, 5.41) is 2.97. The number of carbonyl (C=O) groups excluding carboxylic acids is 1. The second-order valence-corrected chi connectivity index (χ2v) is 8.46. The summed E-state index contributed by atoms with van der Waals surface area (Å²) in [6.45, 7) is 1.91. The highest BCUT2D eigenvalue weighted by Crippen LogP contribution is 2.37. The second-order valence-electron chi connectivity index (χ2n) is 6.74. The monoisotopic (exact) mass is 387 g/mol. The predicted molar refractivity (Wildman–Crippen MR) is 107 cm³/mol. The highest BCUT2D eigenvalue weighted by atomic mass is 32.1. The summed E-state index contributed by atoms with van der Waals surface area (Å²) in [5.41, 5.74) is 10.8. The van der Waals surface area contributed by atoms with Crippen molar-refractivity contribution in [1.29, 1.82) is 0 Å². The Kier molecular flexibility index (Phi) is 4.64. The summed E-state index contributed by atoms with van der Waals surface area (Å²) in [4.78, 5) is 27.0. The SMILES string of the molecule is CN(C)C(=O)c1sc2nc([C@@H]3CCCN3Cc3cscn3)ccc2c1N. The predicted octanol–water partition coefficient (Wildman–Crippen LogP) is 3.37. The fraction of sp³-hybridized carbons (Fsp3) is 0.389. The number of nitrogen functional groups attached to an aromatic ring is 1. The van der Waals surface area contributed by atoms with Gasteiger partial charge in [-0.25, -0.2) is 9.97 Å². The number of pyridine rings is 1. The van der Waals surface area contributed by atoms with Gasteiger partial charge in [0.05, 0.1) is 28.6 Å². The third-order valence-electron chi connectivity index (χ3n) is 4.77. The van der Waals surface area contributed by atoms with Crippen LogP contribution in [0.15, 0.2) is 23.0 Å². The minimum absolute atomic E-state index is 0.0712. The van der Waals surface area contributed by atoms with Crippen LogP contribution in [0.25, 0.3) is 10.2 Å². The van der Waals surface area contributed by atoms with Gasteiger partial charge < -0.3 is 10.6 Å². The van der Waals surface area contributed by atoms with E-state index in [4.69, 9.17) is 10.7 Å². The van der Waals surface area contributed by atoms with E-state index in [2.05, 4.69) is 21.3 Å². The maximum atomic E-state index is 12.3. The van der Waals surface area contributed by atoms with Crippen LogP contribution in [-0.4, -0.2) is 46.3 Å². The van der Waals surface area contributed by atoms with E-state index in [0.29, 0.717) is 10.6 Å². The van der Waals surface area contributed by atoms with Crippen LogP contribution in [-0.2, 0) is 6.54 Å². The zero-order valence-electron chi connectivity index (χ0n) is 14.8. The third kappa shape index (κ3) is 3.08. The fourth-order valence-electron chi connectivity index (χ4n) is 3.43. The minimum Gasteiger partial charge on any atom is -0.397 e. The molecular weight excluding hydrogens is 366 g/mol. The van der Waals surface area contributed by atoms with Crippen LogP contribution >= 0.6 is 22.7 Å². The van der Waals surface area contributed by atoms with Crippen molar-refractivity contribution in [3.8, 4) is 0 Å². The van der Waals surface area contributed by atoms with Crippen LogP contribution in [0, 0.1) is 0 Å². The molecular formula is C18H21N5OS2. The molecule has 3 aromatic heterocycles. The lowest BCUT2D eigenvalue weighted by molar-refractivity contribution is 0.0833. The number of anilines is 1. The summed E-state index contributed by atoms with van der Waals surface area (Å²) in [7, 11) is 3.47. The molecule has 8 heteroatoms. The molecule has 0 unspecified atom stereocenters. The first kappa shape index (κ1) is 17.4. The second kappa shape index (κ2) is 6.94. The summed E-state index contributed by atoms with van der Waals surface area (Å²) in [6, 6.07) is 4.35. The highest BCUT2D eigenvalue weighted by Gasteiger charge is 2.28. The number of rotatable bonds is 4. The Morgan fingerprint density at radius 3 is 3.00 bits per heavy atom. The lowest BCUT2D eigenvalue weighted by Gasteiger charge is -2.23. The van der Waals surface area contributed by atoms with Crippen molar-refractivity contribution >= 4 is 44.5 Å². The van der Waals surface area contributed by atoms with Gasteiger partial charge in [-0.2, -0.15) is 0 Å². The van der Waals surface area contributed by atoms with Gasteiger partial charge in [-0.3, -0.25) is 9.69 Å². The molecule has 1 aliphatic rings. The molecule has 136 valence electrons. The van der Waals surface area contributed by atoms with Gasteiger partial charge in [0, 0.05) is 31.4 Å². The Morgan fingerprint density at radius 2 is 2.27 bits per heavy atom. The topological polar surface area (TPSA) is 75.4 Å². The first-order chi connectivity index (χ1) is 12.5. The van der Waals surface area contributed by atoms with Crippen molar-refractivity contribution in [2.75, 3.05) is 26.4 Å². The van der Waals surface area contributed by atoms with Gasteiger partial charge in [0.25, 0.3) is 5.91 Å². The molecule has 0 aromatic carbocycles. The van der Waals surface area contributed by atoms with Gasteiger partial charge in [0.1, 0.15) is 9.71 Å². The fourth-order valence-corrected chi connectivity index (χ4v) is 5.10. The number of nitrogens with two attached hydrogens (primary N) is 1. The maximum Gasteiger partial charge on any atom is 0.265 e. The number of carbonyl (C=O) groups is 1. The number of aromatic nitrogens is 2. The van der Waals surface area contributed by atoms with Crippen LogP contribution in [0.2, 0.25) is 0 Å². The van der Waals surface area contributed by atoms with Gasteiger partial charge in [0.2, 0.25) is 0 Å². The van der Waals surface area contributed by atoms with Crippen molar-refractivity contribution in [1.82, 2.24) is 19.8 Å². The maximum absolute atomic E-state index is 12.3. The molecule has 1 atom stereocenters. The molecule has 1 aliphatic heterocycles. The lowest BCUT2D eigenvalue weighted by Crippen LogP contribution is -2.23. The normalized spacial score (nSPS) is 17.8. The number of hydrogen-bond acceptors (Lipinski definition) is 7. The standard InChI is InChI=1S/C18H21N5OS2/c1-22(2)18(24)16-15(19)12-5-6-13(21-17(12)26-16)14-4-3-7-23(14)8-11-9-25-10-20-11/h5-6,9-10,14H,3-4,7-8,19H2,1-2H3/t14-/m0/s1. The Balaban J connectivity index is 1.65. The number of hydrogen-bond donors (Lipinski definition) is 1. The lowest BCUT2D eigenvalue weighted by atomic mass is 10.1. The van der Waals surface area contributed by atoms with Crippen molar-refractivity contribution < 1.29 is 4.79 Å². The van der Waals surface area contributed by atoms with Gasteiger partial charge in [-0.1, -0.05) is 0 Å². The molecule has 4 rings (SSSR count). The molecule has 3 aromatic rings. The molecule has 0 radical (unpaired) electrons. The summed E-state index contributed by atoms with van der Waals surface area (Å²) < 4.78 is 0. The largest absolute Gasteiger partial charge is 0.397 e. The summed E-state index contributed by atoms with van der Waals surface area (Å²) in [5.74, 6) is -0.0712. The van der Waals surface area contributed by atoms with Crippen molar-refractivity contribution in [3.05, 3.63) is 39.3 Å². The van der Waals surface area contributed by atoms with Gasteiger partial charge in [-0.05, 0) is 31.5 Å². The van der Waals surface area contributed by atoms with Crippen LogP contribution < -0.4 is 5.73 Å². The van der Waals surface area contributed by atoms with Crippen LogP contribution in [0.3, 0.4) is 0 Å². The van der Waals surface area contributed by atoms with Gasteiger partial charge >= 0.3 is 0 Å². The van der Waals surface area contributed by atoms with Crippen LogP contribution in [0.1, 0.15) is 39.9 Å². The van der Waals surface area contributed by atoms with E-state index < -0.39 is 0 Å². The molecule has 6 nitrogen and oxygen atoms in total.